The molecule has 1 aliphatic heterocycles. The monoisotopic (exact) mass is 515 g/mol. The van der Waals surface area contributed by atoms with Crippen molar-refractivity contribution in [3.63, 3.8) is 0 Å². The predicted molar refractivity (Wildman–Crippen MR) is 128 cm³/mol. The van der Waals surface area contributed by atoms with E-state index in [9.17, 15) is 14.4 Å². The van der Waals surface area contributed by atoms with Gasteiger partial charge in [0, 0.05) is 18.7 Å². The molecule has 180 valence electrons. The van der Waals surface area contributed by atoms with Crippen LogP contribution in [0.2, 0.25) is 10.0 Å². The minimum Gasteiger partial charge on any atom is -0.465 e. The standard InChI is InChI=1S/C23H19Cl2N5O5/c24-17-8-14(28-29-19(10-26)21(31)27-23(33)34)9-18(25)20(17)35-15-3-4-16-13(7-15)5-6-30(22(16)32)11-12-1-2-12/h3-4,7-9,12,28H,1-2,5-6,11H2,(H,27,31)(H,33,34)/b29-19+. The Morgan fingerprint density at radius 3 is 2.57 bits per heavy atom. The van der Waals surface area contributed by atoms with Crippen LogP contribution in [0.3, 0.4) is 0 Å². The summed E-state index contributed by atoms with van der Waals surface area (Å²) in [5.41, 5.74) is 3.52. The summed E-state index contributed by atoms with van der Waals surface area (Å²) in [6, 6.07) is 9.53. The fourth-order valence-corrected chi connectivity index (χ4v) is 4.17. The van der Waals surface area contributed by atoms with Crippen molar-refractivity contribution >= 4 is 52.5 Å². The molecular formula is C23H19Cl2N5O5. The van der Waals surface area contributed by atoms with E-state index < -0.39 is 17.7 Å². The number of nitrogens with zero attached hydrogens (tertiary/aromatic N) is 3. The lowest BCUT2D eigenvalue weighted by Gasteiger charge is -2.29. The van der Waals surface area contributed by atoms with Crippen LogP contribution in [-0.4, -0.2) is 46.7 Å². The molecule has 0 aromatic heterocycles. The average molecular weight is 516 g/mol. The third-order valence-electron chi connectivity index (χ3n) is 5.48. The van der Waals surface area contributed by atoms with E-state index in [1.165, 1.54) is 36.4 Å². The van der Waals surface area contributed by atoms with Gasteiger partial charge in [-0.25, -0.2) is 4.79 Å². The van der Waals surface area contributed by atoms with E-state index in [-0.39, 0.29) is 27.4 Å². The molecular weight excluding hydrogens is 497 g/mol. The molecule has 4 rings (SSSR count). The molecule has 1 fully saturated rings. The second kappa shape index (κ2) is 10.2. The van der Waals surface area contributed by atoms with Crippen molar-refractivity contribution < 1.29 is 24.2 Å². The molecule has 2 aromatic carbocycles. The number of hydrogen-bond donors (Lipinski definition) is 3. The average Bonchev–Trinajstić information content (AvgIpc) is 3.62. The largest absolute Gasteiger partial charge is 0.465 e. The number of nitrogens with one attached hydrogen (secondary N) is 2. The molecule has 1 heterocycles. The number of ether oxygens (including phenoxy) is 1. The molecule has 0 bridgehead atoms. The maximum Gasteiger partial charge on any atom is 0.411 e. The SMILES string of the molecule is N#C/C(=N\Nc1cc(Cl)c(Oc2ccc3c(c2)CCN(CC2CC2)C3=O)c(Cl)c1)C(=O)NC(=O)O. The van der Waals surface area contributed by atoms with Gasteiger partial charge in [0.2, 0.25) is 5.71 Å². The lowest BCUT2D eigenvalue weighted by atomic mass is 9.98. The molecule has 3 amide bonds. The molecule has 10 nitrogen and oxygen atoms in total. The van der Waals surface area contributed by atoms with Gasteiger partial charge in [-0.2, -0.15) is 10.4 Å². The summed E-state index contributed by atoms with van der Waals surface area (Å²) in [5.74, 6) is 0.108. The zero-order valence-corrected chi connectivity index (χ0v) is 19.7. The molecule has 0 saturated heterocycles. The predicted octanol–water partition coefficient (Wildman–Crippen LogP) is 4.28. The topological polar surface area (TPSA) is 144 Å². The molecule has 1 saturated carbocycles. The molecule has 12 heteroatoms. The van der Waals surface area contributed by atoms with Crippen molar-refractivity contribution in [2.45, 2.75) is 19.3 Å². The molecule has 2 aliphatic rings. The van der Waals surface area contributed by atoms with E-state index in [0.717, 1.165) is 18.5 Å². The van der Waals surface area contributed by atoms with Gasteiger partial charge >= 0.3 is 6.09 Å². The highest BCUT2D eigenvalue weighted by Crippen LogP contribution is 2.40. The molecule has 1 aliphatic carbocycles. The number of halogens is 2. The van der Waals surface area contributed by atoms with Gasteiger partial charge in [0.25, 0.3) is 11.8 Å². The van der Waals surface area contributed by atoms with Crippen molar-refractivity contribution in [2.24, 2.45) is 11.0 Å². The molecule has 0 unspecified atom stereocenters. The number of imide groups is 1. The third kappa shape index (κ3) is 5.82. The highest BCUT2D eigenvalue weighted by molar-refractivity contribution is 6.46. The van der Waals surface area contributed by atoms with Gasteiger partial charge in [0.1, 0.15) is 11.8 Å². The summed E-state index contributed by atoms with van der Waals surface area (Å²) in [7, 11) is 0. The second-order valence-corrected chi connectivity index (χ2v) is 8.89. The maximum atomic E-state index is 12.8. The van der Waals surface area contributed by atoms with Crippen LogP contribution in [0, 0.1) is 17.2 Å². The van der Waals surface area contributed by atoms with Gasteiger partial charge in [-0.15, -0.1) is 0 Å². The third-order valence-corrected chi connectivity index (χ3v) is 6.04. The first-order chi connectivity index (χ1) is 16.7. The number of carboxylic acid groups (broad SMARTS) is 1. The fourth-order valence-electron chi connectivity index (χ4n) is 3.61. The highest BCUT2D eigenvalue weighted by atomic mass is 35.5. The van der Waals surface area contributed by atoms with E-state index in [4.69, 9.17) is 38.3 Å². The van der Waals surface area contributed by atoms with Crippen LogP contribution in [0.1, 0.15) is 28.8 Å². The normalized spacial score (nSPS) is 15.2. The molecule has 0 radical (unpaired) electrons. The molecule has 0 atom stereocenters. The number of benzene rings is 2. The quantitative estimate of drug-likeness (QED) is 0.368. The van der Waals surface area contributed by atoms with E-state index in [1.807, 2.05) is 4.90 Å². The van der Waals surface area contributed by atoms with Crippen molar-refractivity contribution in [1.29, 1.82) is 5.26 Å². The first-order valence-corrected chi connectivity index (χ1v) is 11.4. The number of amides is 3. The van der Waals surface area contributed by atoms with Gasteiger partial charge in [0.15, 0.2) is 5.75 Å². The Bertz CT molecular complexity index is 1260. The number of fused-ring (bicyclic) bond motifs is 1. The van der Waals surface area contributed by atoms with Crippen LogP contribution in [0.4, 0.5) is 10.5 Å². The smallest absolute Gasteiger partial charge is 0.411 e. The summed E-state index contributed by atoms with van der Waals surface area (Å²) >= 11 is 12.6. The Morgan fingerprint density at radius 2 is 1.94 bits per heavy atom. The Labute approximate surface area is 210 Å². The van der Waals surface area contributed by atoms with Crippen LogP contribution < -0.4 is 15.5 Å². The summed E-state index contributed by atoms with van der Waals surface area (Å²) in [5, 5.41) is 22.9. The van der Waals surface area contributed by atoms with Gasteiger partial charge in [-0.05, 0) is 61.1 Å². The number of carbonyl (C=O) groups is 3. The van der Waals surface area contributed by atoms with Gasteiger partial charge in [-0.3, -0.25) is 20.3 Å². The number of anilines is 1. The van der Waals surface area contributed by atoms with Crippen molar-refractivity contribution in [3.05, 3.63) is 51.5 Å². The van der Waals surface area contributed by atoms with Crippen LogP contribution >= 0.6 is 23.2 Å². The Balaban J connectivity index is 1.47. The van der Waals surface area contributed by atoms with E-state index in [2.05, 4.69) is 10.5 Å². The van der Waals surface area contributed by atoms with Crippen LogP contribution in [0.15, 0.2) is 35.4 Å². The summed E-state index contributed by atoms with van der Waals surface area (Å²) in [6.45, 7) is 1.48. The highest BCUT2D eigenvalue weighted by Gasteiger charge is 2.30. The second-order valence-electron chi connectivity index (χ2n) is 8.08. The fraction of sp³-hybridized carbons (Fsp3) is 0.261. The first kappa shape index (κ1) is 24.3. The molecule has 3 N–H and O–H groups in total. The van der Waals surface area contributed by atoms with Gasteiger partial charge in [-0.1, -0.05) is 23.2 Å². The minimum atomic E-state index is -1.62. The van der Waals surface area contributed by atoms with Crippen LogP contribution in [-0.2, 0) is 11.2 Å². The lowest BCUT2D eigenvalue weighted by molar-refractivity contribution is -0.114. The van der Waals surface area contributed by atoms with E-state index in [0.29, 0.717) is 23.8 Å². The number of nitriles is 1. The van der Waals surface area contributed by atoms with Crippen molar-refractivity contribution in [1.82, 2.24) is 10.2 Å². The minimum absolute atomic E-state index is 0.0329. The number of hydrazone groups is 1. The van der Waals surface area contributed by atoms with Crippen LogP contribution in [0.5, 0.6) is 11.5 Å². The molecule has 2 aromatic rings. The summed E-state index contributed by atoms with van der Waals surface area (Å²) in [4.78, 5) is 36.8. The van der Waals surface area contributed by atoms with E-state index >= 15 is 0 Å². The Hall–Kier alpha value is -3.81. The van der Waals surface area contributed by atoms with Gasteiger partial charge < -0.3 is 14.7 Å². The lowest BCUT2D eigenvalue weighted by Crippen LogP contribution is -2.38. The Morgan fingerprint density at radius 1 is 1.23 bits per heavy atom. The zero-order valence-electron chi connectivity index (χ0n) is 18.2. The number of carbonyl (C=O) groups excluding carboxylic acids is 2. The van der Waals surface area contributed by atoms with E-state index in [1.54, 1.807) is 18.2 Å². The first-order valence-electron chi connectivity index (χ1n) is 10.6. The van der Waals surface area contributed by atoms with Crippen molar-refractivity contribution in [2.75, 3.05) is 18.5 Å². The summed E-state index contributed by atoms with van der Waals surface area (Å²) in [6.07, 6.45) is 1.48. The summed E-state index contributed by atoms with van der Waals surface area (Å²) < 4.78 is 5.89. The Kier molecular flexibility index (Phi) is 7.10. The number of rotatable bonds is 7. The number of hydrogen-bond acceptors (Lipinski definition) is 7. The van der Waals surface area contributed by atoms with Gasteiger partial charge in [0.05, 0.1) is 15.7 Å². The zero-order chi connectivity index (χ0) is 25.1. The molecule has 0 spiro atoms. The maximum absolute atomic E-state index is 12.8. The van der Waals surface area contributed by atoms with Crippen molar-refractivity contribution in [3.8, 4) is 17.6 Å². The van der Waals surface area contributed by atoms with Crippen LogP contribution in [0.25, 0.3) is 0 Å². The molecule has 35 heavy (non-hydrogen) atoms.